The molecule has 1 aliphatic rings. The third kappa shape index (κ3) is 2.42. The van der Waals surface area contributed by atoms with Gasteiger partial charge in [-0.3, -0.25) is 4.79 Å². The molecule has 92 valence electrons. The molecule has 4 nitrogen and oxygen atoms in total. The molecule has 0 radical (unpaired) electrons. The fourth-order valence-corrected chi connectivity index (χ4v) is 1.96. The van der Waals surface area contributed by atoms with Gasteiger partial charge in [0.15, 0.2) is 0 Å². The van der Waals surface area contributed by atoms with Crippen molar-refractivity contribution in [1.29, 1.82) is 0 Å². The average molecular weight is 233 g/mol. The number of hydrogen-bond donors (Lipinski definition) is 2. The minimum absolute atomic E-state index is 0.160. The van der Waals surface area contributed by atoms with Gasteiger partial charge in [0.2, 0.25) is 5.91 Å². The maximum absolute atomic E-state index is 11.5. The van der Waals surface area contributed by atoms with Crippen LogP contribution in [0.3, 0.4) is 0 Å². The molecule has 1 atom stereocenters. The SMILES string of the molecule is CC(CN)CNc1ccc2c(c1)CC(=O)N2C. The Morgan fingerprint density at radius 3 is 3.00 bits per heavy atom. The number of likely N-dealkylation sites (N-methyl/N-ethyl adjacent to an activating group) is 1. The van der Waals surface area contributed by atoms with Crippen LogP contribution in [0, 0.1) is 5.92 Å². The molecule has 1 aliphatic heterocycles. The van der Waals surface area contributed by atoms with E-state index in [9.17, 15) is 4.79 Å². The van der Waals surface area contributed by atoms with Gasteiger partial charge in [0.1, 0.15) is 0 Å². The molecule has 1 heterocycles. The minimum Gasteiger partial charge on any atom is -0.385 e. The summed E-state index contributed by atoms with van der Waals surface area (Å²) in [6.07, 6.45) is 0.508. The van der Waals surface area contributed by atoms with Gasteiger partial charge in [0.05, 0.1) is 6.42 Å². The molecule has 0 saturated heterocycles. The summed E-state index contributed by atoms with van der Waals surface area (Å²) < 4.78 is 0. The standard InChI is InChI=1S/C13H19N3O/c1-9(7-14)8-15-11-3-4-12-10(5-11)6-13(17)16(12)2/h3-5,9,15H,6-8,14H2,1-2H3. The summed E-state index contributed by atoms with van der Waals surface area (Å²) in [5, 5.41) is 3.34. The summed E-state index contributed by atoms with van der Waals surface area (Å²) in [4.78, 5) is 13.3. The fourth-order valence-electron chi connectivity index (χ4n) is 1.96. The van der Waals surface area contributed by atoms with E-state index in [1.165, 1.54) is 0 Å². The maximum atomic E-state index is 11.5. The number of rotatable bonds is 4. The van der Waals surface area contributed by atoms with Crippen LogP contribution in [0.4, 0.5) is 11.4 Å². The van der Waals surface area contributed by atoms with Gasteiger partial charge >= 0.3 is 0 Å². The first-order valence-corrected chi connectivity index (χ1v) is 5.95. The summed E-state index contributed by atoms with van der Waals surface area (Å²) in [6.45, 7) is 3.65. The largest absolute Gasteiger partial charge is 0.385 e. The Hall–Kier alpha value is -1.55. The van der Waals surface area contributed by atoms with E-state index in [0.717, 1.165) is 23.5 Å². The molecule has 0 fully saturated rings. The lowest BCUT2D eigenvalue weighted by molar-refractivity contribution is -0.117. The number of anilines is 2. The zero-order valence-electron chi connectivity index (χ0n) is 10.4. The van der Waals surface area contributed by atoms with Crippen LogP contribution in [0.2, 0.25) is 0 Å². The molecule has 0 aliphatic carbocycles. The highest BCUT2D eigenvalue weighted by atomic mass is 16.2. The van der Waals surface area contributed by atoms with E-state index in [1.807, 2.05) is 19.2 Å². The monoisotopic (exact) mass is 233 g/mol. The molecular weight excluding hydrogens is 214 g/mol. The van der Waals surface area contributed by atoms with E-state index in [2.05, 4.69) is 18.3 Å². The molecule has 1 aromatic carbocycles. The number of amides is 1. The Morgan fingerprint density at radius 2 is 2.29 bits per heavy atom. The normalized spacial score (nSPS) is 15.9. The van der Waals surface area contributed by atoms with Gasteiger partial charge in [-0.1, -0.05) is 6.92 Å². The van der Waals surface area contributed by atoms with Crippen molar-refractivity contribution in [2.45, 2.75) is 13.3 Å². The molecule has 0 aromatic heterocycles. The minimum atomic E-state index is 0.160. The van der Waals surface area contributed by atoms with Crippen LogP contribution >= 0.6 is 0 Å². The van der Waals surface area contributed by atoms with Crippen molar-refractivity contribution in [2.24, 2.45) is 11.7 Å². The second-order valence-electron chi connectivity index (χ2n) is 4.69. The maximum Gasteiger partial charge on any atom is 0.231 e. The number of nitrogens with zero attached hydrogens (tertiary/aromatic N) is 1. The molecule has 4 heteroatoms. The van der Waals surface area contributed by atoms with Crippen molar-refractivity contribution < 1.29 is 4.79 Å². The average Bonchev–Trinajstić information content (AvgIpc) is 2.62. The van der Waals surface area contributed by atoms with E-state index >= 15 is 0 Å². The van der Waals surface area contributed by atoms with Crippen LogP contribution in [0.25, 0.3) is 0 Å². The Bertz CT molecular complexity index is 431. The predicted octanol–water partition coefficient (Wildman–Crippen LogP) is 1.21. The van der Waals surface area contributed by atoms with Crippen LogP contribution in [-0.4, -0.2) is 26.0 Å². The zero-order chi connectivity index (χ0) is 12.4. The second-order valence-corrected chi connectivity index (χ2v) is 4.69. The number of carbonyl (C=O) groups excluding carboxylic acids is 1. The number of benzene rings is 1. The highest BCUT2D eigenvalue weighted by Gasteiger charge is 2.23. The molecule has 17 heavy (non-hydrogen) atoms. The molecule has 0 spiro atoms. The van der Waals surface area contributed by atoms with E-state index in [-0.39, 0.29) is 5.91 Å². The third-order valence-corrected chi connectivity index (χ3v) is 3.21. The van der Waals surface area contributed by atoms with Crippen LogP contribution in [-0.2, 0) is 11.2 Å². The van der Waals surface area contributed by atoms with Gasteiger partial charge in [0, 0.05) is 25.0 Å². The van der Waals surface area contributed by atoms with E-state index in [1.54, 1.807) is 4.90 Å². The first kappa shape index (κ1) is 11.9. The summed E-state index contributed by atoms with van der Waals surface area (Å²) in [6, 6.07) is 6.06. The predicted molar refractivity (Wildman–Crippen MR) is 70.3 cm³/mol. The van der Waals surface area contributed by atoms with Crippen molar-refractivity contribution in [3.8, 4) is 0 Å². The van der Waals surface area contributed by atoms with Crippen LogP contribution in [0.15, 0.2) is 18.2 Å². The summed E-state index contributed by atoms with van der Waals surface area (Å²) in [7, 11) is 1.82. The van der Waals surface area contributed by atoms with Crippen molar-refractivity contribution in [3.63, 3.8) is 0 Å². The molecule has 3 N–H and O–H groups in total. The fraction of sp³-hybridized carbons (Fsp3) is 0.462. The molecule has 1 unspecified atom stereocenters. The number of hydrogen-bond acceptors (Lipinski definition) is 3. The first-order valence-electron chi connectivity index (χ1n) is 5.95. The Morgan fingerprint density at radius 1 is 1.53 bits per heavy atom. The highest BCUT2D eigenvalue weighted by Crippen LogP contribution is 2.29. The lowest BCUT2D eigenvalue weighted by atomic mass is 10.1. The van der Waals surface area contributed by atoms with Crippen molar-refractivity contribution in [2.75, 3.05) is 30.4 Å². The Balaban J connectivity index is 2.08. The van der Waals surface area contributed by atoms with Gasteiger partial charge in [0.25, 0.3) is 0 Å². The number of carbonyl (C=O) groups is 1. The Kier molecular flexibility index (Phi) is 3.33. The van der Waals surface area contributed by atoms with Crippen molar-refractivity contribution >= 4 is 17.3 Å². The molecule has 0 saturated carbocycles. The summed E-state index contributed by atoms with van der Waals surface area (Å²) in [5.41, 5.74) is 8.75. The lowest BCUT2D eigenvalue weighted by Gasteiger charge is -2.13. The van der Waals surface area contributed by atoms with E-state index in [0.29, 0.717) is 18.9 Å². The third-order valence-electron chi connectivity index (χ3n) is 3.21. The van der Waals surface area contributed by atoms with Gasteiger partial charge in [-0.2, -0.15) is 0 Å². The molecule has 1 aromatic rings. The van der Waals surface area contributed by atoms with Crippen molar-refractivity contribution in [1.82, 2.24) is 0 Å². The van der Waals surface area contributed by atoms with Crippen LogP contribution in [0.1, 0.15) is 12.5 Å². The van der Waals surface area contributed by atoms with E-state index in [4.69, 9.17) is 5.73 Å². The highest BCUT2D eigenvalue weighted by molar-refractivity contribution is 6.01. The first-order chi connectivity index (χ1) is 8.11. The number of nitrogens with one attached hydrogen (secondary N) is 1. The van der Waals surface area contributed by atoms with Crippen LogP contribution in [0.5, 0.6) is 0 Å². The molecule has 0 bridgehead atoms. The zero-order valence-corrected chi connectivity index (χ0v) is 10.4. The number of fused-ring (bicyclic) bond motifs is 1. The molecule has 1 amide bonds. The summed E-state index contributed by atoms with van der Waals surface area (Å²) >= 11 is 0. The van der Waals surface area contributed by atoms with Gasteiger partial charge in [-0.25, -0.2) is 0 Å². The van der Waals surface area contributed by atoms with Gasteiger partial charge in [-0.15, -0.1) is 0 Å². The van der Waals surface area contributed by atoms with Gasteiger partial charge < -0.3 is 16.0 Å². The smallest absolute Gasteiger partial charge is 0.231 e. The summed E-state index contributed by atoms with van der Waals surface area (Å²) in [5.74, 6) is 0.611. The lowest BCUT2D eigenvalue weighted by Crippen LogP contribution is -2.20. The topological polar surface area (TPSA) is 58.4 Å². The van der Waals surface area contributed by atoms with Crippen LogP contribution < -0.4 is 16.0 Å². The molecule has 2 rings (SSSR count). The number of nitrogens with two attached hydrogens (primary N) is 1. The molecular formula is C13H19N3O. The Labute approximate surface area is 102 Å². The second kappa shape index (κ2) is 4.75. The quantitative estimate of drug-likeness (QED) is 0.822. The van der Waals surface area contributed by atoms with Gasteiger partial charge in [-0.05, 0) is 36.2 Å². The van der Waals surface area contributed by atoms with E-state index < -0.39 is 0 Å². The van der Waals surface area contributed by atoms with Crippen molar-refractivity contribution in [3.05, 3.63) is 23.8 Å².